The van der Waals surface area contributed by atoms with Crippen molar-refractivity contribution in [1.29, 1.82) is 0 Å². The Morgan fingerprint density at radius 1 is 1.00 bits per heavy atom. The van der Waals surface area contributed by atoms with Crippen LogP contribution in [0.1, 0.15) is 22.6 Å². The number of aryl methyl sites for hydroxylation is 3. The number of halogens is 3. The fourth-order valence-corrected chi connectivity index (χ4v) is 2.32. The Balaban J connectivity index is 2.12. The van der Waals surface area contributed by atoms with Gasteiger partial charge in [0, 0.05) is 11.4 Å². The highest BCUT2D eigenvalue weighted by atomic mass is 19.4. The first-order chi connectivity index (χ1) is 10.7. The number of nitrogens with one attached hydrogen (secondary N) is 2. The Bertz CT molecular complexity index is 881. The van der Waals surface area contributed by atoms with Crippen molar-refractivity contribution in [3.05, 3.63) is 46.9 Å². The zero-order valence-electron chi connectivity index (χ0n) is 12.8. The maximum atomic E-state index is 13.0. The average Bonchev–Trinajstić information content (AvgIpc) is 2.82. The van der Waals surface area contributed by atoms with E-state index in [0.717, 1.165) is 16.8 Å². The number of fused-ring (bicyclic) bond motifs is 1. The van der Waals surface area contributed by atoms with Gasteiger partial charge < -0.3 is 10.3 Å². The summed E-state index contributed by atoms with van der Waals surface area (Å²) in [5.74, 6) is -1.03. The van der Waals surface area contributed by atoms with E-state index in [9.17, 15) is 13.2 Å². The molecule has 7 heteroatoms. The number of H-pyrrole nitrogens is 1. The number of alkyl halides is 3. The molecule has 2 N–H and O–H groups in total. The van der Waals surface area contributed by atoms with Gasteiger partial charge in [-0.05, 0) is 50.1 Å². The number of benzene rings is 1. The minimum absolute atomic E-state index is 0.134. The van der Waals surface area contributed by atoms with E-state index in [0.29, 0.717) is 11.1 Å². The van der Waals surface area contributed by atoms with Crippen LogP contribution in [0.2, 0.25) is 0 Å². The third-order valence-corrected chi connectivity index (χ3v) is 3.65. The minimum Gasteiger partial charge on any atom is -0.343 e. The number of aromatic amines is 1. The highest BCUT2D eigenvalue weighted by Crippen LogP contribution is 2.32. The van der Waals surface area contributed by atoms with Crippen LogP contribution in [0, 0.1) is 20.8 Å². The van der Waals surface area contributed by atoms with Crippen LogP contribution >= 0.6 is 0 Å². The summed E-state index contributed by atoms with van der Waals surface area (Å²) in [5.41, 5.74) is 3.71. The number of hydrogen-bond acceptors (Lipinski definition) is 3. The molecule has 3 aromatic rings. The number of hydrogen-bond donors (Lipinski definition) is 2. The lowest BCUT2D eigenvalue weighted by Crippen LogP contribution is -2.12. The van der Waals surface area contributed by atoms with E-state index in [4.69, 9.17) is 0 Å². The molecule has 0 spiro atoms. The van der Waals surface area contributed by atoms with Gasteiger partial charge in [-0.25, -0.2) is 9.97 Å². The average molecular weight is 320 g/mol. The normalized spacial score (nSPS) is 11.9. The van der Waals surface area contributed by atoms with E-state index in [-0.39, 0.29) is 11.5 Å². The Kier molecular flexibility index (Phi) is 3.50. The molecule has 0 atom stereocenters. The molecule has 3 rings (SSSR count). The Labute approximate surface area is 130 Å². The summed E-state index contributed by atoms with van der Waals surface area (Å²) in [6.45, 7) is 5.67. The zero-order chi connectivity index (χ0) is 16.8. The molecule has 0 bridgehead atoms. The summed E-state index contributed by atoms with van der Waals surface area (Å²) in [4.78, 5) is 10.1. The molecule has 0 saturated carbocycles. The molecule has 2 heterocycles. The summed E-state index contributed by atoms with van der Waals surface area (Å²) in [7, 11) is 0. The van der Waals surface area contributed by atoms with Gasteiger partial charge in [0.2, 0.25) is 5.82 Å². The van der Waals surface area contributed by atoms with E-state index in [1.165, 1.54) is 0 Å². The zero-order valence-corrected chi connectivity index (χ0v) is 12.8. The molecule has 0 aliphatic carbocycles. The first-order valence-corrected chi connectivity index (χ1v) is 7.03. The first kappa shape index (κ1) is 15.3. The second-order valence-corrected chi connectivity index (χ2v) is 5.53. The van der Waals surface area contributed by atoms with Crippen molar-refractivity contribution < 1.29 is 13.2 Å². The fourth-order valence-electron chi connectivity index (χ4n) is 2.32. The minimum atomic E-state index is -4.60. The largest absolute Gasteiger partial charge is 0.451 e. The molecule has 0 radical (unpaired) electrons. The van der Waals surface area contributed by atoms with Crippen molar-refractivity contribution in [2.24, 2.45) is 0 Å². The van der Waals surface area contributed by atoms with Gasteiger partial charge in [0.25, 0.3) is 0 Å². The predicted molar refractivity (Wildman–Crippen MR) is 82.8 cm³/mol. The van der Waals surface area contributed by atoms with Gasteiger partial charge in [0.1, 0.15) is 11.5 Å². The van der Waals surface area contributed by atoms with Crippen molar-refractivity contribution in [1.82, 2.24) is 15.0 Å². The van der Waals surface area contributed by atoms with Crippen molar-refractivity contribution in [3.8, 4) is 0 Å². The van der Waals surface area contributed by atoms with Gasteiger partial charge in [-0.1, -0.05) is 6.07 Å². The summed E-state index contributed by atoms with van der Waals surface area (Å²) in [5, 5.41) is 3.49. The number of aromatic nitrogens is 3. The van der Waals surface area contributed by atoms with E-state index >= 15 is 0 Å². The van der Waals surface area contributed by atoms with Crippen LogP contribution < -0.4 is 5.32 Å². The second-order valence-electron chi connectivity index (χ2n) is 5.53. The van der Waals surface area contributed by atoms with Crippen LogP contribution in [0.4, 0.5) is 24.7 Å². The van der Waals surface area contributed by atoms with Gasteiger partial charge in [-0.3, -0.25) is 0 Å². The van der Waals surface area contributed by atoms with Gasteiger partial charge in [0.15, 0.2) is 0 Å². The molecule has 0 aliphatic rings. The van der Waals surface area contributed by atoms with Crippen LogP contribution in [0.5, 0.6) is 0 Å². The number of anilines is 2. The lowest BCUT2D eigenvalue weighted by Gasteiger charge is -2.11. The molecule has 23 heavy (non-hydrogen) atoms. The SMILES string of the molecule is Cc1cc2c(Nc3ccc(C)c(C)c3)nc(C(F)(F)F)nc2[nH]1. The number of rotatable bonds is 2. The maximum Gasteiger partial charge on any atom is 0.451 e. The molecule has 0 unspecified atom stereocenters. The van der Waals surface area contributed by atoms with Crippen molar-refractivity contribution in [2.45, 2.75) is 26.9 Å². The Morgan fingerprint density at radius 2 is 1.74 bits per heavy atom. The maximum absolute atomic E-state index is 13.0. The van der Waals surface area contributed by atoms with E-state index in [2.05, 4.69) is 20.3 Å². The van der Waals surface area contributed by atoms with Gasteiger partial charge in [-0.2, -0.15) is 13.2 Å². The third-order valence-electron chi connectivity index (χ3n) is 3.65. The third kappa shape index (κ3) is 2.99. The fraction of sp³-hybridized carbons (Fsp3) is 0.250. The monoisotopic (exact) mass is 320 g/mol. The standard InChI is InChI=1S/C16H15F3N4/c1-8-4-5-11(6-9(8)2)21-14-12-7-10(3)20-13(12)22-15(23-14)16(17,18)19/h4-7H,1-3H3,(H2,20,21,22,23). The van der Waals surface area contributed by atoms with E-state index < -0.39 is 12.0 Å². The van der Waals surface area contributed by atoms with Gasteiger partial charge in [0.05, 0.1) is 5.39 Å². The molecule has 2 aromatic heterocycles. The summed E-state index contributed by atoms with van der Waals surface area (Å²) < 4.78 is 39.0. The summed E-state index contributed by atoms with van der Waals surface area (Å²) in [6, 6.07) is 7.31. The quantitative estimate of drug-likeness (QED) is 0.723. The lowest BCUT2D eigenvalue weighted by atomic mass is 10.1. The van der Waals surface area contributed by atoms with E-state index in [1.54, 1.807) is 13.0 Å². The van der Waals surface area contributed by atoms with Crippen molar-refractivity contribution in [2.75, 3.05) is 5.32 Å². The van der Waals surface area contributed by atoms with Crippen LogP contribution in [-0.4, -0.2) is 15.0 Å². The molecule has 4 nitrogen and oxygen atoms in total. The topological polar surface area (TPSA) is 53.6 Å². The summed E-state index contributed by atoms with van der Waals surface area (Å²) >= 11 is 0. The van der Waals surface area contributed by atoms with Crippen molar-refractivity contribution >= 4 is 22.5 Å². The summed E-state index contributed by atoms with van der Waals surface area (Å²) in [6.07, 6.45) is -4.60. The molecular weight excluding hydrogens is 305 g/mol. The molecule has 120 valence electrons. The highest BCUT2D eigenvalue weighted by Gasteiger charge is 2.35. The smallest absolute Gasteiger partial charge is 0.343 e. The predicted octanol–water partition coefficient (Wildman–Crippen LogP) is 4.65. The Hall–Kier alpha value is -2.57. The first-order valence-electron chi connectivity index (χ1n) is 7.03. The Morgan fingerprint density at radius 3 is 2.39 bits per heavy atom. The molecule has 0 saturated heterocycles. The highest BCUT2D eigenvalue weighted by molar-refractivity contribution is 5.89. The molecule has 1 aromatic carbocycles. The number of nitrogens with zero attached hydrogens (tertiary/aromatic N) is 2. The molecule has 0 fully saturated rings. The van der Waals surface area contributed by atoms with Gasteiger partial charge in [-0.15, -0.1) is 0 Å². The lowest BCUT2D eigenvalue weighted by molar-refractivity contribution is -0.144. The van der Waals surface area contributed by atoms with Crippen LogP contribution in [-0.2, 0) is 6.18 Å². The molecule has 0 amide bonds. The van der Waals surface area contributed by atoms with Crippen molar-refractivity contribution in [3.63, 3.8) is 0 Å². The molecule has 0 aliphatic heterocycles. The van der Waals surface area contributed by atoms with E-state index in [1.807, 2.05) is 32.0 Å². The van der Waals surface area contributed by atoms with Gasteiger partial charge >= 0.3 is 6.18 Å². The second kappa shape index (κ2) is 5.26. The van der Waals surface area contributed by atoms with Crippen LogP contribution in [0.15, 0.2) is 24.3 Å². The van der Waals surface area contributed by atoms with Crippen LogP contribution in [0.25, 0.3) is 11.0 Å². The van der Waals surface area contributed by atoms with Crippen LogP contribution in [0.3, 0.4) is 0 Å². The molecular formula is C16H15F3N4.